The number of H-pyrrole nitrogens is 1. The van der Waals surface area contributed by atoms with Gasteiger partial charge in [0.25, 0.3) is 0 Å². The first-order chi connectivity index (χ1) is 42.8. The van der Waals surface area contributed by atoms with Crippen LogP contribution in [0.1, 0.15) is 131 Å². The van der Waals surface area contributed by atoms with E-state index in [9.17, 15) is 72.5 Å². The van der Waals surface area contributed by atoms with Gasteiger partial charge in [-0.05, 0) is 101 Å². The molecule has 26 N–H and O–H groups in total. The number of carboxylic acid groups (broad SMARTS) is 1. The van der Waals surface area contributed by atoms with E-state index < -0.39 is 181 Å². The third-order valence-electron chi connectivity index (χ3n) is 14.6. The van der Waals surface area contributed by atoms with Crippen LogP contribution in [-0.4, -0.2) is 201 Å². The number of aromatic amines is 1. The van der Waals surface area contributed by atoms with Gasteiger partial charge in [0.1, 0.15) is 66.7 Å². The number of carboxylic acids is 1. The summed E-state index contributed by atoms with van der Waals surface area (Å²) in [6.45, 7) is 11.0. The van der Waals surface area contributed by atoms with E-state index >= 15 is 0 Å². The van der Waals surface area contributed by atoms with Crippen molar-refractivity contribution in [2.75, 3.05) is 31.7 Å². The molecule has 0 spiro atoms. The highest BCUT2D eigenvalue weighted by Crippen LogP contribution is 2.15. The Kier molecular flexibility index (Phi) is 38.7. The molecule has 1 rings (SSSR count). The van der Waals surface area contributed by atoms with Crippen LogP contribution in [0.2, 0.25) is 0 Å². The van der Waals surface area contributed by atoms with Gasteiger partial charge in [-0.25, -0.2) is 4.98 Å². The fourth-order valence-corrected chi connectivity index (χ4v) is 9.39. The van der Waals surface area contributed by atoms with Crippen molar-refractivity contribution in [1.82, 2.24) is 68.5 Å². The van der Waals surface area contributed by atoms with E-state index in [2.05, 4.69) is 68.5 Å². The van der Waals surface area contributed by atoms with Gasteiger partial charge in [0, 0.05) is 24.7 Å². The number of aliphatic carboxylic acids is 1. The highest BCUT2D eigenvalue weighted by molar-refractivity contribution is 7.98. The first-order valence-electron chi connectivity index (χ1n) is 30.4. The molecule has 1 heterocycles. The highest BCUT2D eigenvalue weighted by Gasteiger charge is 2.38. The van der Waals surface area contributed by atoms with E-state index in [0.29, 0.717) is 25.0 Å². The molecule has 1 aromatic rings. The molecule has 1 aromatic heterocycles. The lowest BCUT2D eigenvalue weighted by atomic mass is 9.94. The molecular formula is C56H101N19O15S. The molecule has 516 valence electrons. The van der Waals surface area contributed by atoms with Crippen LogP contribution in [-0.2, 0) is 68.7 Å². The average Bonchev–Trinajstić information content (AvgIpc) is 1.52. The smallest absolute Gasteiger partial charge is 0.303 e. The fraction of sp³-hybridized carbons (Fsp3) is 0.714. The summed E-state index contributed by atoms with van der Waals surface area (Å²) in [5, 5.41) is 47.9. The van der Waals surface area contributed by atoms with E-state index in [0.717, 1.165) is 0 Å². The van der Waals surface area contributed by atoms with Gasteiger partial charge in [0.15, 0.2) is 0 Å². The molecule has 0 bridgehead atoms. The summed E-state index contributed by atoms with van der Waals surface area (Å²) in [6.07, 6.45) is 2.65. The molecule has 34 nitrogen and oxygen atoms in total. The lowest BCUT2D eigenvalue weighted by Crippen LogP contribution is -2.61. The second-order valence-corrected chi connectivity index (χ2v) is 23.8. The van der Waals surface area contributed by atoms with Crippen molar-refractivity contribution < 1.29 is 72.5 Å². The van der Waals surface area contributed by atoms with Crippen molar-refractivity contribution in [2.24, 2.45) is 52.2 Å². The van der Waals surface area contributed by atoms with E-state index in [1.54, 1.807) is 47.8 Å². The largest absolute Gasteiger partial charge is 0.481 e. The molecule has 0 saturated heterocycles. The minimum atomic E-state index is -1.84. The van der Waals surface area contributed by atoms with E-state index in [4.69, 9.17) is 34.4 Å². The lowest BCUT2D eigenvalue weighted by Gasteiger charge is -2.30. The normalized spacial score (nSPS) is 15.6. The maximum atomic E-state index is 14.5. The summed E-state index contributed by atoms with van der Waals surface area (Å²) < 4.78 is 0. The minimum absolute atomic E-state index is 0.0209. The van der Waals surface area contributed by atoms with Crippen LogP contribution < -0.4 is 92.9 Å². The number of imidazole rings is 1. The zero-order valence-electron chi connectivity index (χ0n) is 53.4. The third-order valence-corrected chi connectivity index (χ3v) is 15.3. The van der Waals surface area contributed by atoms with Crippen molar-refractivity contribution in [3.05, 3.63) is 18.2 Å². The fourth-order valence-electron chi connectivity index (χ4n) is 8.92. The van der Waals surface area contributed by atoms with Crippen molar-refractivity contribution in [2.45, 2.75) is 205 Å². The van der Waals surface area contributed by atoms with Gasteiger partial charge in [-0.2, -0.15) is 11.8 Å². The van der Waals surface area contributed by atoms with Crippen molar-refractivity contribution in [3.8, 4) is 0 Å². The summed E-state index contributed by atoms with van der Waals surface area (Å²) in [6, 6.07) is -15.7. The van der Waals surface area contributed by atoms with Gasteiger partial charge < -0.3 is 103 Å². The van der Waals surface area contributed by atoms with Crippen LogP contribution in [0, 0.1) is 17.8 Å². The van der Waals surface area contributed by atoms with Crippen molar-refractivity contribution in [1.29, 1.82) is 0 Å². The zero-order valence-corrected chi connectivity index (χ0v) is 54.2. The number of amides is 12. The molecule has 0 aliphatic heterocycles. The number of thioether (sulfide) groups is 1. The summed E-state index contributed by atoms with van der Waals surface area (Å²) in [7, 11) is 0. The lowest BCUT2D eigenvalue weighted by molar-refractivity contribution is -0.139. The molecule has 35 heteroatoms. The average molecular weight is 1310 g/mol. The van der Waals surface area contributed by atoms with Crippen LogP contribution in [0.15, 0.2) is 12.5 Å². The van der Waals surface area contributed by atoms with Gasteiger partial charge >= 0.3 is 5.97 Å². The van der Waals surface area contributed by atoms with Gasteiger partial charge in [0.05, 0.1) is 25.4 Å². The number of aromatic nitrogens is 2. The Hall–Kier alpha value is -7.57. The number of carbonyl (C=O) groups is 13. The number of nitrogens with one attached hydrogen (secondary N) is 12. The summed E-state index contributed by atoms with van der Waals surface area (Å²) >= 11 is 1.31. The number of carbonyl (C=O) groups excluding carboxylic acids is 12. The minimum Gasteiger partial charge on any atom is -0.481 e. The molecule has 0 aliphatic rings. The quantitative estimate of drug-likeness (QED) is 0.0213. The summed E-state index contributed by atoms with van der Waals surface area (Å²) in [5.41, 5.74) is 34.3. The monoisotopic (exact) mass is 1310 g/mol. The maximum absolute atomic E-state index is 14.5. The van der Waals surface area contributed by atoms with Crippen molar-refractivity contribution in [3.63, 3.8) is 0 Å². The Balaban J connectivity index is 3.64. The molecule has 91 heavy (non-hydrogen) atoms. The SMILES string of the molecule is CC[C@H](C)[C@H](NC(=O)[C@@H](NC(=O)[C@H](CCC(=O)O)NC(=O)[C@H](CCSC)NC(=O)[C@H](CC(C)C)NC(=O)[C@H](CCCCN)NC(=O)[C@H](CCCNC(N)N)NC(=O)[C@H](CC(N)=O)NC(=O)[C@H](CO)NC(=O)[C@H](Cc1cnc[nH]1)NC(=O)[C@H](C)N)[C@@H](C)CC)C(N)=O. The molecule has 0 aromatic carbocycles. The first-order valence-corrected chi connectivity index (χ1v) is 31.8. The Labute approximate surface area is 534 Å². The Morgan fingerprint density at radius 1 is 0.560 bits per heavy atom. The predicted octanol–water partition coefficient (Wildman–Crippen LogP) is -6.04. The van der Waals surface area contributed by atoms with Crippen molar-refractivity contribution >= 4 is 88.6 Å². The number of hydrogen-bond acceptors (Lipinski definition) is 21. The third kappa shape index (κ3) is 31.3. The second kappa shape index (κ2) is 43.2. The number of rotatable bonds is 47. The second-order valence-electron chi connectivity index (χ2n) is 22.8. The molecule has 0 radical (unpaired) electrons. The van der Waals surface area contributed by atoms with E-state index in [1.807, 2.05) is 0 Å². The van der Waals surface area contributed by atoms with Gasteiger partial charge in [-0.3, -0.25) is 67.6 Å². The van der Waals surface area contributed by atoms with E-state index in [1.165, 1.54) is 31.2 Å². The van der Waals surface area contributed by atoms with Crippen LogP contribution >= 0.6 is 11.8 Å². The number of nitrogens with two attached hydrogens (primary N) is 6. The molecule has 0 fully saturated rings. The molecule has 0 saturated carbocycles. The van der Waals surface area contributed by atoms with Crippen LogP contribution in [0.3, 0.4) is 0 Å². The number of aliphatic hydroxyl groups is 1. The Morgan fingerprint density at radius 3 is 1.48 bits per heavy atom. The standard InChI is InChI=1S/C56H101N19O15S/c1-9-29(5)43(45(60)80)74-55(90)44(30(6)10-2)75-50(85)35(16-17-42(78)79)68-49(84)36(18-21-91-8)69-51(86)37(22-28(3)4)71-48(83)33(14-11-12-19-57)66-47(82)34(15-13-20-64-56(61)62)67-53(88)39(24-41(59)77)72-54(89)40(26-76)73-52(87)38(70-46(81)31(7)58)23-32-25-63-27-65-32/h25,27-31,33-40,43-44,56,64,76H,9-24,26,57-58,61-62H2,1-8H3,(H2,59,77)(H2,60,80)(H,63,65)(H,66,82)(H,67,88)(H,68,84)(H,69,86)(H,70,81)(H,71,83)(H,72,89)(H,73,87)(H,74,90)(H,75,85)(H,78,79)/t29-,30-,31-,33-,34-,35-,36-,37-,38-,39-,40-,43-,44-/m0/s1. The molecule has 12 amide bonds. The molecule has 13 atom stereocenters. The van der Waals surface area contributed by atoms with Gasteiger partial charge in [-0.1, -0.05) is 54.4 Å². The van der Waals surface area contributed by atoms with Crippen LogP contribution in [0.4, 0.5) is 0 Å². The maximum Gasteiger partial charge on any atom is 0.303 e. The molecular weight excluding hydrogens is 1210 g/mol. The van der Waals surface area contributed by atoms with Crippen LogP contribution in [0.25, 0.3) is 0 Å². The van der Waals surface area contributed by atoms with E-state index in [-0.39, 0.29) is 75.6 Å². The highest BCUT2D eigenvalue weighted by atomic mass is 32.2. The number of nitrogens with zero attached hydrogens (tertiary/aromatic N) is 1. The first kappa shape index (κ1) is 81.4. The number of unbranched alkanes of at least 4 members (excludes halogenated alkanes) is 1. The predicted molar refractivity (Wildman–Crippen MR) is 336 cm³/mol. The number of hydrogen-bond donors (Lipinski definition) is 20. The zero-order chi connectivity index (χ0) is 69.1. The molecule has 0 aliphatic carbocycles. The Bertz CT molecular complexity index is 2530. The van der Waals surface area contributed by atoms with Gasteiger partial charge in [-0.15, -0.1) is 0 Å². The number of primary amides is 2. The summed E-state index contributed by atoms with van der Waals surface area (Å²) in [4.78, 5) is 183. The Morgan fingerprint density at radius 2 is 1.01 bits per heavy atom. The van der Waals surface area contributed by atoms with Gasteiger partial charge in [0.2, 0.25) is 70.9 Å². The van der Waals surface area contributed by atoms with Crippen LogP contribution in [0.5, 0.6) is 0 Å². The number of aliphatic hydroxyl groups excluding tert-OH is 1. The topological polar surface area (TPSA) is 579 Å². The molecule has 0 unspecified atom stereocenters. The summed E-state index contributed by atoms with van der Waals surface area (Å²) in [5.74, 6) is -13.4.